The lowest BCUT2D eigenvalue weighted by molar-refractivity contribution is -0.104. The van der Waals surface area contributed by atoms with Gasteiger partial charge in [0.25, 0.3) is 0 Å². The van der Waals surface area contributed by atoms with Crippen LogP contribution >= 0.6 is 0 Å². The van der Waals surface area contributed by atoms with Gasteiger partial charge >= 0.3 is 0 Å². The molecule has 2 fully saturated rings. The lowest BCUT2D eigenvalue weighted by Gasteiger charge is -2.46. The van der Waals surface area contributed by atoms with Crippen molar-refractivity contribution < 1.29 is 13.9 Å². The average Bonchev–Trinajstić information content (AvgIpc) is 3.23. The predicted octanol–water partition coefficient (Wildman–Crippen LogP) is 4.12. The third-order valence-electron chi connectivity index (χ3n) is 7.41. The van der Waals surface area contributed by atoms with Crippen LogP contribution in [0.5, 0.6) is 5.75 Å². The van der Waals surface area contributed by atoms with Gasteiger partial charge in [0.2, 0.25) is 0 Å². The zero-order chi connectivity index (χ0) is 25.9. The topological polar surface area (TPSA) is 75.5 Å². The maximum absolute atomic E-state index is 15.2. The van der Waals surface area contributed by atoms with E-state index in [-0.39, 0.29) is 18.2 Å². The van der Waals surface area contributed by atoms with Crippen LogP contribution in [0.1, 0.15) is 29.9 Å². The first-order valence-corrected chi connectivity index (χ1v) is 12.7. The molecule has 0 unspecified atom stereocenters. The Labute approximate surface area is 216 Å². The smallest absolute Gasteiger partial charge is 0.178 e. The fourth-order valence-electron chi connectivity index (χ4n) is 5.43. The second kappa shape index (κ2) is 10.8. The highest BCUT2D eigenvalue weighted by Gasteiger charge is 2.33. The van der Waals surface area contributed by atoms with Crippen molar-refractivity contribution in [2.24, 2.45) is 7.05 Å². The fraction of sp³-hybridized carbons (Fsp3) is 0.393. The number of nitrogens with zero attached hydrogens (tertiary/aromatic N) is 5. The number of nitrogens with one attached hydrogen (secondary N) is 1. The van der Waals surface area contributed by atoms with E-state index in [9.17, 15) is 0 Å². The number of rotatable bonds is 4. The molecular formula is C28H33FN6O2. The summed E-state index contributed by atoms with van der Waals surface area (Å²) in [7, 11) is 4.06. The third kappa shape index (κ3) is 5.28. The zero-order valence-electron chi connectivity index (χ0n) is 21.4. The van der Waals surface area contributed by atoms with E-state index in [1.54, 1.807) is 16.9 Å². The SMILES string of the molecule is C=CC=O.CN1CC(N2CCC(c3cc(F)c4c(c3)Nc3nccc(-c5cnn(C)c5)c3CO4)CC2)C1. The Balaban J connectivity index is 0.000000655. The first kappa shape index (κ1) is 25.1. The van der Waals surface area contributed by atoms with Crippen molar-refractivity contribution in [1.29, 1.82) is 0 Å². The van der Waals surface area contributed by atoms with Gasteiger partial charge in [0.05, 0.1) is 11.9 Å². The van der Waals surface area contributed by atoms with Crippen molar-refractivity contribution in [3.8, 4) is 16.9 Å². The standard InChI is InChI=1S/C25H29FN6O.C3H4O/c1-30-13-19(14-30)32-7-4-16(5-8-32)17-9-22(26)24-23(10-17)29-25-21(15-33-24)20(3-6-27-25)18-11-28-31(2)12-18;1-2-3-4/h3,6,9-12,16,19H,4-5,7-8,13-15H2,1-2H3,(H,27,29);2-3H,1H2. The average molecular weight is 505 g/mol. The van der Waals surface area contributed by atoms with Gasteiger partial charge in [-0.3, -0.25) is 14.4 Å². The molecule has 9 heteroatoms. The number of aromatic nitrogens is 3. The van der Waals surface area contributed by atoms with Crippen LogP contribution in [0.25, 0.3) is 11.1 Å². The predicted molar refractivity (Wildman–Crippen MR) is 142 cm³/mol. The van der Waals surface area contributed by atoms with Gasteiger partial charge < -0.3 is 15.0 Å². The monoisotopic (exact) mass is 504 g/mol. The van der Waals surface area contributed by atoms with E-state index in [1.807, 2.05) is 25.5 Å². The first-order valence-electron chi connectivity index (χ1n) is 12.7. The van der Waals surface area contributed by atoms with Crippen molar-refractivity contribution in [3.63, 3.8) is 0 Å². The van der Waals surface area contributed by atoms with Crippen LogP contribution < -0.4 is 10.1 Å². The molecule has 2 saturated heterocycles. The highest BCUT2D eigenvalue weighted by molar-refractivity contribution is 5.76. The van der Waals surface area contributed by atoms with Crippen molar-refractivity contribution in [2.75, 3.05) is 38.5 Å². The number of likely N-dealkylation sites (tertiary alicyclic amines) is 2. The Morgan fingerprint density at radius 3 is 2.62 bits per heavy atom. The number of aryl methyl sites for hydroxylation is 1. The van der Waals surface area contributed by atoms with Gasteiger partial charge in [-0.2, -0.15) is 5.10 Å². The van der Waals surface area contributed by atoms with Crippen molar-refractivity contribution >= 4 is 17.8 Å². The van der Waals surface area contributed by atoms with E-state index >= 15 is 4.39 Å². The number of carbonyl (C=O) groups excluding carboxylic acids is 1. The van der Waals surface area contributed by atoms with E-state index < -0.39 is 0 Å². The largest absolute Gasteiger partial charge is 0.483 e. The molecule has 194 valence electrons. The van der Waals surface area contributed by atoms with Gasteiger partial charge in [0, 0.05) is 49.7 Å². The lowest BCUT2D eigenvalue weighted by Crippen LogP contribution is -2.59. The summed E-state index contributed by atoms with van der Waals surface area (Å²) in [5.74, 6) is 1.02. The van der Waals surface area contributed by atoms with Crippen LogP contribution in [0.4, 0.5) is 15.9 Å². The van der Waals surface area contributed by atoms with Crippen LogP contribution in [-0.4, -0.2) is 70.1 Å². The van der Waals surface area contributed by atoms with Gasteiger partial charge in [0.1, 0.15) is 18.7 Å². The van der Waals surface area contributed by atoms with Crippen LogP contribution in [0.15, 0.2) is 49.4 Å². The molecule has 8 nitrogen and oxygen atoms in total. The van der Waals surface area contributed by atoms with Gasteiger partial charge in [0.15, 0.2) is 11.6 Å². The van der Waals surface area contributed by atoms with Crippen LogP contribution in [0.3, 0.4) is 0 Å². The number of piperidine rings is 1. The number of likely N-dealkylation sites (N-methyl/N-ethyl adjacent to an activating group) is 1. The van der Waals surface area contributed by atoms with E-state index in [2.05, 4.69) is 44.9 Å². The lowest BCUT2D eigenvalue weighted by atomic mass is 9.87. The van der Waals surface area contributed by atoms with Crippen molar-refractivity contribution in [2.45, 2.75) is 31.4 Å². The minimum Gasteiger partial charge on any atom is -0.483 e. The third-order valence-corrected chi connectivity index (χ3v) is 7.41. The summed E-state index contributed by atoms with van der Waals surface area (Å²) in [5, 5.41) is 7.65. The van der Waals surface area contributed by atoms with Gasteiger partial charge in [-0.25, -0.2) is 9.37 Å². The number of carbonyl (C=O) groups is 1. The van der Waals surface area contributed by atoms with Gasteiger partial charge in [-0.05, 0) is 74.3 Å². The maximum Gasteiger partial charge on any atom is 0.178 e. The summed E-state index contributed by atoms with van der Waals surface area (Å²) in [6.45, 7) is 7.83. The number of halogens is 1. The molecule has 0 saturated carbocycles. The zero-order valence-corrected chi connectivity index (χ0v) is 21.4. The van der Waals surface area contributed by atoms with Crippen LogP contribution in [0.2, 0.25) is 0 Å². The van der Waals surface area contributed by atoms with Crippen LogP contribution in [-0.2, 0) is 18.4 Å². The van der Waals surface area contributed by atoms with Crippen LogP contribution in [0, 0.1) is 5.82 Å². The Hall–Kier alpha value is -3.56. The fourth-order valence-corrected chi connectivity index (χ4v) is 5.43. The molecule has 0 amide bonds. The van der Waals surface area contributed by atoms with Gasteiger partial charge in [-0.1, -0.05) is 6.58 Å². The normalized spacial score (nSPS) is 18.1. The molecule has 0 atom stereocenters. The highest BCUT2D eigenvalue weighted by Crippen LogP contribution is 2.41. The van der Waals surface area contributed by atoms with E-state index in [0.717, 1.165) is 61.3 Å². The summed E-state index contributed by atoms with van der Waals surface area (Å²) in [5.41, 5.74) is 4.57. The molecule has 5 heterocycles. The molecule has 3 aliphatic heterocycles. The second-order valence-electron chi connectivity index (χ2n) is 9.94. The molecule has 0 spiro atoms. The highest BCUT2D eigenvalue weighted by atomic mass is 19.1. The van der Waals surface area contributed by atoms with Gasteiger partial charge in [-0.15, -0.1) is 0 Å². The molecule has 3 aliphatic rings. The number of fused-ring (bicyclic) bond motifs is 2. The molecule has 1 N–H and O–H groups in total. The maximum atomic E-state index is 15.2. The molecule has 37 heavy (non-hydrogen) atoms. The quantitative estimate of drug-likeness (QED) is 0.423. The molecule has 0 radical (unpaired) electrons. The number of anilines is 2. The summed E-state index contributed by atoms with van der Waals surface area (Å²) < 4.78 is 23.0. The number of hydrogen-bond donors (Lipinski definition) is 1. The molecular weight excluding hydrogens is 471 g/mol. The van der Waals surface area contributed by atoms with Crippen molar-refractivity contribution in [1.82, 2.24) is 24.6 Å². The minimum absolute atomic E-state index is 0.248. The summed E-state index contributed by atoms with van der Waals surface area (Å²) in [6.07, 6.45) is 9.49. The Bertz CT molecular complexity index is 1270. The molecule has 1 aromatic carbocycles. The van der Waals surface area contributed by atoms with E-state index in [1.165, 1.54) is 6.08 Å². The molecule has 0 aliphatic carbocycles. The number of hydrogen-bond acceptors (Lipinski definition) is 7. The Morgan fingerprint density at radius 2 is 1.97 bits per heavy atom. The molecule has 3 aromatic rings. The summed E-state index contributed by atoms with van der Waals surface area (Å²) in [6, 6.07) is 6.37. The number of benzene rings is 1. The minimum atomic E-state index is -0.311. The molecule has 6 rings (SSSR count). The molecule has 0 bridgehead atoms. The second-order valence-corrected chi connectivity index (χ2v) is 9.94. The summed E-state index contributed by atoms with van der Waals surface area (Å²) in [4.78, 5) is 18.6. The number of aldehydes is 1. The number of ether oxygens (including phenoxy) is 1. The Kier molecular flexibility index (Phi) is 7.34. The molecule has 2 aromatic heterocycles. The van der Waals surface area contributed by atoms with Crippen molar-refractivity contribution in [3.05, 3.63) is 66.4 Å². The number of allylic oxidation sites excluding steroid dienone is 1. The van der Waals surface area contributed by atoms with E-state index in [0.29, 0.717) is 29.8 Å². The first-order chi connectivity index (χ1) is 18.0. The summed E-state index contributed by atoms with van der Waals surface area (Å²) >= 11 is 0. The Morgan fingerprint density at radius 1 is 1.22 bits per heavy atom. The van der Waals surface area contributed by atoms with E-state index in [4.69, 9.17) is 9.53 Å². The number of pyridine rings is 1.